The summed E-state index contributed by atoms with van der Waals surface area (Å²) in [5.74, 6) is 0.810. The molecule has 1 unspecified atom stereocenters. The molecule has 28 heavy (non-hydrogen) atoms. The van der Waals surface area contributed by atoms with Crippen molar-refractivity contribution in [1.82, 2.24) is 9.80 Å². The van der Waals surface area contributed by atoms with E-state index in [1.807, 2.05) is 32.2 Å². The normalized spacial score (nSPS) is 21.8. The Morgan fingerprint density at radius 1 is 1.07 bits per heavy atom. The predicted molar refractivity (Wildman–Crippen MR) is 118 cm³/mol. The molecule has 150 valence electrons. The van der Waals surface area contributed by atoms with Crippen LogP contribution in [0, 0.1) is 5.92 Å². The number of piperazine rings is 1. The van der Waals surface area contributed by atoms with E-state index < -0.39 is 0 Å². The number of aliphatic imine (C=N–C) groups is 1. The summed E-state index contributed by atoms with van der Waals surface area (Å²) in [5.41, 5.74) is 3.86. The van der Waals surface area contributed by atoms with E-state index in [0.29, 0.717) is 11.7 Å². The zero-order valence-electron chi connectivity index (χ0n) is 17.2. The number of nitrogens with zero attached hydrogens (tertiary/aromatic N) is 3. The van der Waals surface area contributed by atoms with Crippen LogP contribution >= 0.6 is 0 Å². The Hall–Kier alpha value is -2.33. The molecule has 0 amide bonds. The van der Waals surface area contributed by atoms with Gasteiger partial charge in [0.2, 0.25) is 0 Å². The maximum atomic E-state index is 9.39. The van der Waals surface area contributed by atoms with Crippen molar-refractivity contribution in [2.75, 3.05) is 32.7 Å². The Morgan fingerprint density at radius 3 is 2.57 bits per heavy atom. The molecule has 0 aromatic heterocycles. The minimum atomic E-state index is 0.340. The Bertz CT molecular complexity index is 738. The van der Waals surface area contributed by atoms with Gasteiger partial charge in [0, 0.05) is 44.8 Å². The summed E-state index contributed by atoms with van der Waals surface area (Å²) in [6.45, 7) is 9.37. The molecule has 1 aliphatic carbocycles. The molecule has 0 radical (unpaired) electrons. The van der Waals surface area contributed by atoms with Crippen LogP contribution in [-0.2, 0) is 6.42 Å². The van der Waals surface area contributed by atoms with Gasteiger partial charge in [-0.1, -0.05) is 44.2 Å². The Labute approximate surface area is 169 Å². The van der Waals surface area contributed by atoms with Crippen molar-refractivity contribution in [3.05, 3.63) is 66.0 Å². The summed E-state index contributed by atoms with van der Waals surface area (Å²) in [5, 5.41) is 9.39. The Balaban J connectivity index is 0.00000109. The molecular weight excluding hydrogens is 346 g/mol. The van der Waals surface area contributed by atoms with Gasteiger partial charge in [0.25, 0.3) is 0 Å². The van der Waals surface area contributed by atoms with Crippen LogP contribution in [0.3, 0.4) is 0 Å². The molecule has 3 aliphatic rings. The number of hydrogen-bond acceptors (Lipinski definition) is 4. The lowest BCUT2D eigenvalue weighted by molar-refractivity contribution is 0.164. The first-order chi connectivity index (χ1) is 13.8. The number of aromatic hydroxyl groups is 1. The molecule has 1 atom stereocenters. The third kappa shape index (κ3) is 5.14. The predicted octanol–water partition coefficient (Wildman–Crippen LogP) is 4.40. The number of hydrogen-bond donors (Lipinski definition) is 1. The summed E-state index contributed by atoms with van der Waals surface area (Å²) in [6.07, 6.45) is 14.2. The lowest BCUT2D eigenvalue weighted by Crippen LogP contribution is -2.48. The molecular formula is C24H33N3O. The van der Waals surface area contributed by atoms with Crippen molar-refractivity contribution >= 4 is 5.71 Å². The highest BCUT2D eigenvalue weighted by molar-refractivity contribution is 6.04. The SMILES string of the molecule is CC.Oc1ccc(CCN2CCN(C3=CC=CC4CCC=CN=C34)CC2)cc1. The van der Waals surface area contributed by atoms with Gasteiger partial charge in [-0.15, -0.1) is 0 Å². The van der Waals surface area contributed by atoms with Gasteiger partial charge in [0.05, 0.1) is 11.4 Å². The van der Waals surface area contributed by atoms with Gasteiger partial charge in [0.1, 0.15) is 5.75 Å². The van der Waals surface area contributed by atoms with Gasteiger partial charge < -0.3 is 10.0 Å². The molecule has 0 bridgehead atoms. The second kappa shape index (κ2) is 10.3. The lowest BCUT2D eigenvalue weighted by atomic mass is 9.91. The number of benzene rings is 1. The molecule has 0 saturated carbocycles. The fourth-order valence-electron chi connectivity index (χ4n) is 3.96. The summed E-state index contributed by atoms with van der Waals surface area (Å²) >= 11 is 0. The van der Waals surface area contributed by atoms with E-state index in [1.54, 1.807) is 12.1 Å². The zero-order valence-corrected chi connectivity index (χ0v) is 17.2. The van der Waals surface area contributed by atoms with Crippen LogP contribution < -0.4 is 0 Å². The van der Waals surface area contributed by atoms with Crippen LogP contribution in [0.4, 0.5) is 0 Å². The first kappa shape index (κ1) is 20.4. The molecule has 1 fully saturated rings. The Kier molecular flexibility index (Phi) is 7.49. The van der Waals surface area contributed by atoms with Crippen LogP contribution in [0.25, 0.3) is 0 Å². The summed E-state index contributed by atoms with van der Waals surface area (Å²) in [7, 11) is 0. The van der Waals surface area contributed by atoms with Crippen LogP contribution in [0.5, 0.6) is 5.75 Å². The fourth-order valence-corrected chi connectivity index (χ4v) is 3.96. The third-order valence-corrected chi connectivity index (χ3v) is 5.54. The van der Waals surface area contributed by atoms with Crippen LogP contribution in [0.1, 0.15) is 32.3 Å². The van der Waals surface area contributed by atoms with Gasteiger partial charge >= 0.3 is 0 Å². The number of allylic oxidation sites excluding steroid dienone is 5. The smallest absolute Gasteiger partial charge is 0.115 e. The highest BCUT2D eigenvalue weighted by atomic mass is 16.3. The van der Waals surface area contributed by atoms with Crippen LogP contribution in [0.2, 0.25) is 0 Å². The van der Waals surface area contributed by atoms with Crippen molar-refractivity contribution in [2.24, 2.45) is 10.9 Å². The minimum absolute atomic E-state index is 0.340. The third-order valence-electron chi connectivity index (χ3n) is 5.54. The monoisotopic (exact) mass is 379 g/mol. The second-order valence-electron chi connectivity index (χ2n) is 7.26. The molecule has 0 spiro atoms. The van der Waals surface area contributed by atoms with E-state index in [4.69, 9.17) is 4.99 Å². The van der Waals surface area contributed by atoms with E-state index >= 15 is 0 Å². The average Bonchev–Trinajstić information content (AvgIpc) is 3.01. The van der Waals surface area contributed by atoms with E-state index in [2.05, 4.69) is 34.1 Å². The quantitative estimate of drug-likeness (QED) is 0.843. The van der Waals surface area contributed by atoms with E-state index in [9.17, 15) is 5.11 Å². The van der Waals surface area contributed by atoms with Gasteiger partial charge in [-0.2, -0.15) is 0 Å². The Morgan fingerprint density at radius 2 is 1.82 bits per heavy atom. The molecule has 1 aromatic rings. The van der Waals surface area contributed by atoms with Crippen LogP contribution in [-0.4, -0.2) is 53.3 Å². The number of rotatable bonds is 4. The average molecular weight is 380 g/mol. The van der Waals surface area contributed by atoms with Crippen molar-refractivity contribution in [2.45, 2.75) is 33.1 Å². The highest BCUT2D eigenvalue weighted by Crippen LogP contribution is 2.26. The lowest BCUT2D eigenvalue weighted by Gasteiger charge is -2.39. The summed E-state index contributed by atoms with van der Waals surface area (Å²) in [6, 6.07) is 7.58. The van der Waals surface area contributed by atoms with Gasteiger partial charge in [-0.05, 0) is 43.0 Å². The zero-order chi connectivity index (χ0) is 19.8. The topological polar surface area (TPSA) is 39.1 Å². The molecule has 4 nitrogen and oxygen atoms in total. The van der Waals surface area contributed by atoms with Gasteiger partial charge in [-0.25, -0.2) is 0 Å². The van der Waals surface area contributed by atoms with Crippen LogP contribution in [0.15, 0.2) is 65.5 Å². The largest absolute Gasteiger partial charge is 0.508 e. The second-order valence-corrected chi connectivity index (χ2v) is 7.26. The molecule has 1 N–H and O–H groups in total. The van der Waals surface area contributed by atoms with Gasteiger partial charge in [0.15, 0.2) is 0 Å². The maximum Gasteiger partial charge on any atom is 0.115 e. The minimum Gasteiger partial charge on any atom is -0.508 e. The first-order valence-electron chi connectivity index (χ1n) is 10.7. The van der Waals surface area contributed by atoms with E-state index in [0.717, 1.165) is 52.0 Å². The fraction of sp³-hybridized carbons (Fsp3) is 0.458. The number of fused-ring (bicyclic) bond motifs is 1. The molecule has 1 aromatic carbocycles. The molecule has 2 aliphatic heterocycles. The molecule has 4 heteroatoms. The number of phenols is 1. The van der Waals surface area contributed by atoms with Crippen molar-refractivity contribution in [1.29, 1.82) is 0 Å². The van der Waals surface area contributed by atoms with Crippen molar-refractivity contribution in [3.63, 3.8) is 0 Å². The van der Waals surface area contributed by atoms with Gasteiger partial charge in [-0.3, -0.25) is 9.89 Å². The number of phenolic OH excluding ortho intramolecular Hbond substituents is 1. The van der Waals surface area contributed by atoms with E-state index in [1.165, 1.54) is 17.0 Å². The maximum absolute atomic E-state index is 9.39. The molecule has 2 heterocycles. The standard InChI is InChI=1S/C22H27N3O.C2H6/c26-20-9-7-18(8-10-20)11-13-24-14-16-25(17-15-24)21-6-3-5-19-4-1-2-12-23-22(19)21;1-2/h2-3,5-10,12,19,26H,1,4,11,13-17H2;1-2H3. The first-order valence-corrected chi connectivity index (χ1v) is 10.7. The highest BCUT2D eigenvalue weighted by Gasteiger charge is 2.26. The molecule has 1 saturated heterocycles. The van der Waals surface area contributed by atoms with Crippen molar-refractivity contribution in [3.8, 4) is 5.75 Å². The van der Waals surface area contributed by atoms with Crippen molar-refractivity contribution < 1.29 is 5.11 Å². The molecule has 4 rings (SSSR count). The van der Waals surface area contributed by atoms with E-state index in [-0.39, 0.29) is 0 Å². The summed E-state index contributed by atoms with van der Waals surface area (Å²) < 4.78 is 0. The summed E-state index contributed by atoms with van der Waals surface area (Å²) in [4.78, 5) is 9.79.